The Balaban J connectivity index is 1.93. The third-order valence-electron chi connectivity index (χ3n) is 5.01. The van der Waals surface area contributed by atoms with Crippen LogP contribution in [0.1, 0.15) is 35.5 Å². The van der Waals surface area contributed by atoms with Crippen LogP contribution in [-0.4, -0.2) is 53.3 Å². The van der Waals surface area contributed by atoms with Crippen LogP contribution in [0.3, 0.4) is 0 Å². The molecule has 0 aliphatic carbocycles. The molecule has 128 valence electrons. The number of aromatic nitrogens is 1. The van der Waals surface area contributed by atoms with Crippen LogP contribution in [0.2, 0.25) is 0 Å². The molecule has 1 N–H and O–H groups in total. The third kappa shape index (κ3) is 3.28. The van der Waals surface area contributed by atoms with Crippen molar-refractivity contribution in [3.8, 4) is 0 Å². The number of carbonyl (C=O) groups is 1. The van der Waals surface area contributed by atoms with Crippen LogP contribution in [0.5, 0.6) is 0 Å². The van der Waals surface area contributed by atoms with E-state index in [4.69, 9.17) is 0 Å². The van der Waals surface area contributed by atoms with Gasteiger partial charge in [-0.3, -0.25) is 14.5 Å². The Morgan fingerprint density at radius 3 is 2.46 bits per heavy atom. The molecule has 0 atom stereocenters. The molecule has 1 aliphatic rings. The molecule has 2 aromatic rings. The molecule has 1 saturated heterocycles. The minimum Gasteiger partial charge on any atom is -0.358 e. The van der Waals surface area contributed by atoms with Gasteiger partial charge in [-0.25, -0.2) is 0 Å². The summed E-state index contributed by atoms with van der Waals surface area (Å²) in [6.07, 6.45) is 0. The molecule has 0 unspecified atom stereocenters. The number of aromatic amines is 1. The molecule has 1 fully saturated rings. The number of carbonyl (C=O) groups excluding carboxylic acids is 1. The normalized spacial score (nSPS) is 16.6. The number of likely N-dealkylation sites (N-methyl/N-ethyl adjacent to an activating group) is 1. The van der Waals surface area contributed by atoms with Gasteiger partial charge in [0.15, 0.2) is 11.2 Å². The summed E-state index contributed by atoms with van der Waals surface area (Å²) in [6.45, 7) is 11.5. The highest BCUT2D eigenvalue weighted by Gasteiger charge is 2.19. The largest absolute Gasteiger partial charge is 0.358 e. The van der Waals surface area contributed by atoms with E-state index in [1.54, 1.807) is 12.1 Å². The van der Waals surface area contributed by atoms with Crippen LogP contribution in [0.4, 0.5) is 0 Å². The zero-order chi connectivity index (χ0) is 17.3. The van der Waals surface area contributed by atoms with Gasteiger partial charge < -0.3 is 9.88 Å². The summed E-state index contributed by atoms with van der Waals surface area (Å²) >= 11 is 0. The van der Waals surface area contributed by atoms with Crippen molar-refractivity contribution in [1.29, 1.82) is 0 Å². The first-order valence-electron chi connectivity index (χ1n) is 8.60. The lowest BCUT2D eigenvalue weighted by Crippen LogP contribution is -2.46. The number of benzene rings is 1. The van der Waals surface area contributed by atoms with Crippen molar-refractivity contribution in [3.05, 3.63) is 45.2 Å². The van der Waals surface area contributed by atoms with Gasteiger partial charge >= 0.3 is 0 Å². The highest BCUT2D eigenvalue weighted by molar-refractivity contribution is 5.97. The molecule has 0 amide bonds. The summed E-state index contributed by atoms with van der Waals surface area (Å²) < 4.78 is 0. The Morgan fingerprint density at radius 1 is 1.17 bits per heavy atom. The maximum Gasteiger partial charge on any atom is 0.194 e. The van der Waals surface area contributed by atoms with E-state index in [9.17, 15) is 9.59 Å². The molecule has 1 aromatic carbocycles. The summed E-state index contributed by atoms with van der Waals surface area (Å²) in [4.78, 5) is 32.6. The number of ketones is 1. The van der Waals surface area contributed by atoms with Crippen LogP contribution < -0.4 is 5.43 Å². The zero-order valence-corrected chi connectivity index (χ0v) is 14.7. The van der Waals surface area contributed by atoms with Gasteiger partial charge in [-0.05, 0) is 38.6 Å². The summed E-state index contributed by atoms with van der Waals surface area (Å²) in [5, 5.41) is 0.607. The first-order valence-corrected chi connectivity index (χ1v) is 8.60. The predicted octanol–water partition coefficient (Wildman–Crippen LogP) is 2.18. The van der Waals surface area contributed by atoms with Crippen LogP contribution in [0, 0.1) is 6.92 Å². The standard InChI is InChI=1S/C19H25N3O2/c1-4-21-7-9-22(10-8-21)12-17-13(2)20-18-6-5-15(14(3)23)11-16(18)19(17)24/h5-6,11H,4,7-10,12H2,1-3H3,(H,20,24). The number of hydrogen-bond donors (Lipinski definition) is 1. The van der Waals surface area contributed by atoms with E-state index in [1.165, 1.54) is 6.92 Å². The molecule has 5 heteroatoms. The number of H-pyrrole nitrogens is 1. The molecular weight excluding hydrogens is 302 g/mol. The highest BCUT2D eigenvalue weighted by atomic mass is 16.1. The number of aryl methyl sites for hydroxylation is 1. The number of nitrogens with zero attached hydrogens (tertiary/aromatic N) is 2. The monoisotopic (exact) mass is 327 g/mol. The lowest BCUT2D eigenvalue weighted by Gasteiger charge is -2.34. The van der Waals surface area contributed by atoms with Crippen molar-refractivity contribution < 1.29 is 4.79 Å². The molecule has 1 aromatic heterocycles. The van der Waals surface area contributed by atoms with Crippen molar-refractivity contribution in [3.63, 3.8) is 0 Å². The van der Waals surface area contributed by atoms with E-state index in [0.29, 0.717) is 17.5 Å². The Labute approximate surface area is 142 Å². The average Bonchev–Trinajstić information content (AvgIpc) is 2.58. The SMILES string of the molecule is CCN1CCN(Cc2c(C)[nH]c3ccc(C(C)=O)cc3c2=O)CC1. The van der Waals surface area contributed by atoms with Gasteiger partial charge in [0.25, 0.3) is 0 Å². The minimum atomic E-state index is -0.0193. The Morgan fingerprint density at radius 2 is 1.83 bits per heavy atom. The first-order chi connectivity index (χ1) is 11.5. The van der Waals surface area contributed by atoms with Crippen molar-refractivity contribution in [2.24, 2.45) is 0 Å². The van der Waals surface area contributed by atoms with E-state index >= 15 is 0 Å². The molecule has 0 radical (unpaired) electrons. The fourth-order valence-electron chi connectivity index (χ4n) is 3.35. The maximum absolute atomic E-state index is 12.9. The second kappa shape index (κ2) is 6.87. The van der Waals surface area contributed by atoms with E-state index in [1.807, 2.05) is 13.0 Å². The van der Waals surface area contributed by atoms with Crippen LogP contribution >= 0.6 is 0 Å². The maximum atomic E-state index is 12.9. The second-order valence-corrected chi connectivity index (χ2v) is 6.58. The average molecular weight is 327 g/mol. The molecule has 1 aliphatic heterocycles. The summed E-state index contributed by atoms with van der Waals surface area (Å²) in [5.41, 5.74) is 3.15. The van der Waals surface area contributed by atoms with Gasteiger partial charge in [-0.2, -0.15) is 0 Å². The third-order valence-corrected chi connectivity index (χ3v) is 5.01. The lowest BCUT2D eigenvalue weighted by molar-refractivity contribution is 0.101. The smallest absolute Gasteiger partial charge is 0.194 e. The predicted molar refractivity (Wildman–Crippen MR) is 96.7 cm³/mol. The Kier molecular flexibility index (Phi) is 4.83. The van der Waals surface area contributed by atoms with Gasteiger partial charge in [0.05, 0.1) is 0 Å². The summed E-state index contributed by atoms with van der Waals surface area (Å²) in [5.74, 6) is -0.0193. The van der Waals surface area contributed by atoms with Crippen molar-refractivity contribution in [2.45, 2.75) is 27.3 Å². The minimum absolute atomic E-state index is 0.0193. The van der Waals surface area contributed by atoms with Crippen LogP contribution in [0.15, 0.2) is 23.0 Å². The fraction of sp³-hybridized carbons (Fsp3) is 0.474. The van der Waals surface area contributed by atoms with Gasteiger partial charge in [0.2, 0.25) is 0 Å². The molecule has 5 nitrogen and oxygen atoms in total. The number of Topliss-reactive ketones (excluding diaryl/α,β-unsaturated/α-hetero) is 1. The zero-order valence-electron chi connectivity index (χ0n) is 14.7. The topological polar surface area (TPSA) is 56.4 Å². The number of hydrogen-bond acceptors (Lipinski definition) is 4. The fourth-order valence-corrected chi connectivity index (χ4v) is 3.35. The Hall–Kier alpha value is -1.98. The lowest BCUT2D eigenvalue weighted by atomic mass is 10.0. The number of rotatable bonds is 4. The van der Waals surface area contributed by atoms with E-state index in [0.717, 1.165) is 49.5 Å². The Bertz CT molecular complexity index is 817. The quantitative estimate of drug-likeness (QED) is 0.875. The van der Waals surface area contributed by atoms with Gasteiger partial charge in [0.1, 0.15) is 0 Å². The van der Waals surface area contributed by atoms with Crippen molar-refractivity contribution in [1.82, 2.24) is 14.8 Å². The molecule has 2 heterocycles. The molecule has 0 saturated carbocycles. The van der Waals surface area contributed by atoms with Gasteiger partial charge in [0, 0.05) is 60.4 Å². The molecule has 0 spiro atoms. The van der Waals surface area contributed by atoms with Crippen LogP contribution in [-0.2, 0) is 6.54 Å². The van der Waals surface area contributed by atoms with E-state index in [2.05, 4.69) is 21.7 Å². The highest BCUT2D eigenvalue weighted by Crippen LogP contribution is 2.16. The molecule has 3 rings (SSSR count). The van der Waals surface area contributed by atoms with Crippen LogP contribution in [0.25, 0.3) is 10.9 Å². The second-order valence-electron chi connectivity index (χ2n) is 6.58. The molecule has 0 bridgehead atoms. The van der Waals surface area contributed by atoms with Crippen molar-refractivity contribution >= 4 is 16.7 Å². The number of piperazine rings is 1. The van der Waals surface area contributed by atoms with E-state index < -0.39 is 0 Å². The number of fused-ring (bicyclic) bond motifs is 1. The first kappa shape index (κ1) is 16.9. The van der Waals surface area contributed by atoms with Gasteiger partial charge in [-0.15, -0.1) is 0 Å². The summed E-state index contributed by atoms with van der Waals surface area (Å²) in [7, 11) is 0. The molecular formula is C19H25N3O2. The van der Waals surface area contributed by atoms with Gasteiger partial charge in [-0.1, -0.05) is 6.92 Å². The number of nitrogens with one attached hydrogen (secondary N) is 1. The van der Waals surface area contributed by atoms with E-state index in [-0.39, 0.29) is 11.2 Å². The summed E-state index contributed by atoms with van der Waals surface area (Å²) in [6, 6.07) is 5.31. The number of pyridine rings is 1. The van der Waals surface area contributed by atoms with Crippen molar-refractivity contribution in [2.75, 3.05) is 32.7 Å². The molecule has 24 heavy (non-hydrogen) atoms.